The van der Waals surface area contributed by atoms with Crippen molar-refractivity contribution in [2.24, 2.45) is 0 Å². The quantitative estimate of drug-likeness (QED) is 0.551. The number of nitrogens with zero attached hydrogens (tertiary/aromatic N) is 2. The summed E-state index contributed by atoms with van der Waals surface area (Å²) in [4.78, 5) is 15.0. The van der Waals surface area contributed by atoms with Crippen molar-refractivity contribution < 1.29 is 9.53 Å². The van der Waals surface area contributed by atoms with Crippen LogP contribution in [0.15, 0.2) is 54.7 Å². The Labute approximate surface area is 175 Å². The summed E-state index contributed by atoms with van der Waals surface area (Å²) >= 11 is 6.22. The lowest BCUT2D eigenvalue weighted by molar-refractivity contribution is -0.00930. The number of amides is 1. The Balaban J connectivity index is 1.42. The van der Waals surface area contributed by atoms with Crippen molar-refractivity contribution in [2.75, 3.05) is 13.1 Å². The van der Waals surface area contributed by atoms with Gasteiger partial charge in [-0.15, -0.1) is 0 Å². The summed E-state index contributed by atoms with van der Waals surface area (Å²) in [5.41, 5.74) is 4.72. The topological polar surface area (TPSA) is 34.5 Å². The Morgan fingerprint density at radius 2 is 1.76 bits per heavy atom. The van der Waals surface area contributed by atoms with Crippen molar-refractivity contribution >= 4 is 17.5 Å². The van der Waals surface area contributed by atoms with E-state index in [1.54, 1.807) is 0 Å². The molecule has 1 spiro atoms. The third-order valence-electron chi connectivity index (χ3n) is 6.03. The van der Waals surface area contributed by atoms with Gasteiger partial charge in [-0.25, -0.2) is 0 Å². The van der Waals surface area contributed by atoms with Crippen LogP contribution in [-0.2, 0) is 5.60 Å². The maximum atomic E-state index is 13.1. The molecule has 1 aromatic heterocycles. The van der Waals surface area contributed by atoms with E-state index < -0.39 is 5.60 Å². The predicted molar refractivity (Wildman–Crippen MR) is 114 cm³/mol. The van der Waals surface area contributed by atoms with E-state index in [0.29, 0.717) is 18.1 Å². The first-order valence-electron chi connectivity index (χ1n) is 10.00. The monoisotopic (exact) mass is 406 g/mol. The Hall–Kier alpha value is -2.72. The zero-order chi connectivity index (χ0) is 20.2. The van der Waals surface area contributed by atoms with E-state index in [4.69, 9.17) is 16.3 Å². The lowest BCUT2D eigenvalue weighted by atomic mass is 9.86. The second kappa shape index (κ2) is 6.67. The zero-order valence-corrected chi connectivity index (χ0v) is 17.4. The fourth-order valence-electron chi connectivity index (χ4n) is 4.70. The Bertz CT molecular complexity index is 1090. The smallest absolute Gasteiger partial charge is 0.253 e. The molecule has 148 valence electrons. The Kier molecular flexibility index (Phi) is 4.21. The molecule has 1 amide bonds. The van der Waals surface area contributed by atoms with E-state index in [1.807, 2.05) is 49.1 Å². The number of carbonyl (C=O) groups excluding carboxylic acids is 1. The van der Waals surface area contributed by atoms with Gasteiger partial charge in [0.25, 0.3) is 5.91 Å². The van der Waals surface area contributed by atoms with Crippen LogP contribution in [0.4, 0.5) is 0 Å². The number of ether oxygens (including phenoxy) is 1. The molecule has 0 radical (unpaired) electrons. The van der Waals surface area contributed by atoms with Crippen LogP contribution in [0.25, 0.3) is 5.69 Å². The molecule has 2 aliphatic rings. The van der Waals surface area contributed by atoms with Crippen LogP contribution >= 0.6 is 11.6 Å². The van der Waals surface area contributed by atoms with Gasteiger partial charge in [-0.3, -0.25) is 4.79 Å². The van der Waals surface area contributed by atoms with Crippen molar-refractivity contribution in [3.8, 4) is 11.4 Å². The van der Waals surface area contributed by atoms with Gasteiger partial charge in [0.2, 0.25) is 0 Å². The molecule has 1 saturated heterocycles. The second-order valence-corrected chi connectivity index (χ2v) is 8.58. The van der Waals surface area contributed by atoms with Crippen LogP contribution < -0.4 is 4.74 Å². The Morgan fingerprint density at radius 1 is 1.03 bits per heavy atom. The molecule has 3 aromatic rings. The third kappa shape index (κ3) is 3.03. The summed E-state index contributed by atoms with van der Waals surface area (Å²) < 4.78 is 8.75. The molecule has 1 fully saturated rings. The average molecular weight is 407 g/mol. The van der Waals surface area contributed by atoms with E-state index in [9.17, 15) is 4.79 Å². The van der Waals surface area contributed by atoms with Crippen molar-refractivity contribution in [1.82, 2.24) is 9.47 Å². The first-order valence-corrected chi connectivity index (χ1v) is 10.4. The normalized spacial score (nSPS) is 16.9. The number of aryl methyl sites for hydroxylation is 2. The van der Waals surface area contributed by atoms with E-state index in [0.717, 1.165) is 46.7 Å². The highest BCUT2D eigenvalue weighted by Gasteiger charge is 2.44. The van der Waals surface area contributed by atoms with Crippen molar-refractivity contribution in [2.45, 2.75) is 32.3 Å². The minimum absolute atomic E-state index is 0.0984. The number of rotatable bonds is 1. The molecule has 5 heteroatoms. The van der Waals surface area contributed by atoms with Gasteiger partial charge in [0.15, 0.2) is 5.60 Å². The first-order chi connectivity index (χ1) is 13.9. The van der Waals surface area contributed by atoms with Crippen molar-refractivity contribution in [1.29, 1.82) is 0 Å². The van der Waals surface area contributed by atoms with Crippen molar-refractivity contribution in [3.05, 3.63) is 82.1 Å². The number of likely N-dealkylation sites (tertiary alicyclic amines) is 1. The molecule has 2 aromatic carbocycles. The number of aromatic nitrogens is 1. The predicted octanol–water partition coefficient (Wildman–Crippen LogP) is 5.27. The van der Waals surface area contributed by atoms with Gasteiger partial charge in [-0.1, -0.05) is 28.8 Å². The Morgan fingerprint density at radius 3 is 2.48 bits per heavy atom. The summed E-state index contributed by atoms with van der Waals surface area (Å²) in [5, 5.41) is 0.664. The van der Waals surface area contributed by atoms with Gasteiger partial charge in [0.1, 0.15) is 5.75 Å². The molecule has 0 aliphatic carbocycles. The second-order valence-electron chi connectivity index (χ2n) is 8.14. The van der Waals surface area contributed by atoms with E-state index in [-0.39, 0.29) is 5.91 Å². The van der Waals surface area contributed by atoms with Gasteiger partial charge < -0.3 is 14.2 Å². The molecule has 0 atom stereocenters. The standard InChI is InChI=1S/C24H23ClN2O2/c1-16-12-17(2)14-18(13-16)23(28)26-10-7-24(8-11-26)22-4-3-9-27(22)20-6-5-19(25)15-21(20)29-24/h3-6,9,12-15H,7-8,10-11H2,1-2H3. The number of fused-ring (bicyclic) bond motifs is 4. The number of halogens is 1. The van der Waals surface area contributed by atoms with Crippen LogP contribution in [0, 0.1) is 13.8 Å². The molecular weight excluding hydrogens is 384 g/mol. The van der Waals surface area contributed by atoms with Crippen LogP contribution in [0.2, 0.25) is 5.02 Å². The number of hydrogen-bond donors (Lipinski definition) is 0. The maximum Gasteiger partial charge on any atom is 0.253 e. The van der Waals surface area contributed by atoms with E-state index >= 15 is 0 Å². The fourth-order valence-corrected chi connectivity index (χ4v) is 4.87. The minimum Gasteiger partial charge on any atom is -0.479 e. The molecular formula is C24H23ClN2O2. The molecule has 0 unspecified atom stereocenters. The summed E-state index contributed by atoms with van der Waals surface area (Å²) in [6.45, 7) is 5.38. The molecule has 0 bridgehead atoms. The fraction of sp³-hybridized carbons (Fsp3) is 0.292. The summed E-state index contributed by atoms with van der Waals surface area (Å²) in [6.07, 6.45) is 3.57. The van der Waals surface area contributed by atoms with Crippen LogP contribution in [0.3, 0.4) is 0 Å². The van der Waals surface area contributed by atoms with E-state index in [2.05, 4.69) is 29.0 Å². The first kappa shape index (κ1) is 18.3. The van der Waals surface area contributed by atoms with Gasteiger partial charge >= 0.3 is 0 Å². The van der Waals surface area contributed by atoms with Crippen LogP contribution in [-0.4, -0.2) is 28.5 Å². The lowest BCUT2D eigenvalue weighted by Gasteiger charge is -2.45. The van der Waals surface area contributed by atoms with Crippen molar-refractivity contribution in [3.63, 3.8) is 0 Å². The van der Waals surface area contributed by atoms with Crippen LogP contribution in [0.5, 0.6) is 5.75 Å². The highest BCUT2D eigenvalue weighted by atomic mass is 35.5. The van der Waals surface area contributed by atoms with Gasteiger partial charge in [0, 0.05) is 48.8 Å². The molecule has 3 heterocycles. The largest absolute Gasteiger partial charge is 0.479 e. The summed E-state index contributed by atoms with van der Waals surface area (Å²) in [6, 6.07) is 16.0. The lowest BCUT2D eigenvalue weighted by Crippen LogP contribution is -2.50. The summed E-state index contributed by atoms with van der Waals surface area (Å²) in [7, 11) is 0. The number of carbonyl (C=O) groups is 1. The number of hydrogen-bond acceptors (Lipinski definition) is 2. The minimum atomic E-state index is -0.430. The molecule has 4 nitrogen and oxygen atoms in total. The molecule has 5 rings (SSSR count). The van der Waals surface area contributed by atoms with Gasteiger partial charge in [-0.2, -0.15) is 0 Å². The highest BCUT2D eigenvalue weighted by Crippen LogP contribution is 2.45. The average Bonchev–Trinajstić information content (AvgIpc) is 3.18. The van der Waals surface area contributed by atoms with Crippen LogP contribution in [0.1, 0.15) is 40.0 Å². The zero-order valence-electron chi connectivity index (χ0n) is 16.6. The molecule has 0 saturated carbocycles. The molecule has 0 N–H and O–H groups in total. The van der Waals surface area contributed by atoms with Gasteiger partial charge in [-0.05, 0) is 50.2 Å². The SMILES string of the molecule is Cc1cc(C)cc(C(=O)N2CCC3(CC2)Oc2cc(Cl)ccc2-n2cccc23)c1. The molecule has 29 heavy (non-hydrogen) atoms. The highest BCUT2D eigenvalue weighted by molar-refractivity contribution is 6.30. The molecule has 2 aliphatic heterocycles. The number of benzene rings is 2. The van der Waals surface area contributed by atoms with E-state index in [1.165, 1.54) is 0 Å². The summed E-state index contributed by atoms with van der Waals surface area (Å²) in [5.74, 6) is 0.900. The van der Waals surface area contributed by atoms with Gasteiger partial charge in [0.05, 0.1) is 11.4 Å². The number of piperidine rings is 1. The third-order valence-corrected chi connectivity index (χ3v) is 6.26. The maximum absolute atomic E-state index is 13.1.